The van der Waals surface area contributed by atoms with Crippen LogP contribution in [0.3, 0.4) is 0 Å². The molecule has 0 radical (unpaired) electrons. The Morgan fingerprint density at radius 1 is 0.348 bits per heavy atom. The number of alkyl halides is 15. The molecule has 1 atom stereocenters. The lowest BCUT2D eigenvalue weighted by Gasteiger charge is -2.42. The topological polar surface area (TPSA) is 0 Å². The lowest BCUT2D eigenvalue weighted by molar-refractivity contribution is -0.437. The number of rotatable bonds is 4. The van der Waals surface area contributed by atoms with Crippen LogP contribution in [0.15, 0.2) is 0 Å². The summed E-state index contributed by atoms with van der Waals surface area (Å²) in [5.74, 6) is -30.9. The summed E-state index contributed by atoms with van der Waals surface area (Å²) in [6.45, 7) is -1.57. The van der Waals surface area contributed by atoms with Gasteiger partial charge in [0.25, 0.3) is 0 Å². The molecule has 0 aliphatic rings. The van der Waals surface area contributed by atoms with Crippen molar-refractivity contribution in [2.24, 2.45) is 0 Å². The smallest absolute Gasteiger partial charge is 0.230 e. The number of hydrogen-bond acceptors (Lipinski definition) is 0. The van der Waals surface area contributed by atoms with Crippen molar-refractivity contribution in [1.82, 2.24) is 0 Å². The maximum Gasteiger partial charge on any atom is 0.460 e. The van der Waals surface area contributed by atoms with Gasteiger partial charge >= 0.3 is 36.0 Å². The average Bonchev–Trinajstić information content (AvgIpc) is 2.24. The molecule has 0 nitrogen and oxygen atoms in total. The van der Waals surface area contributed by atoms with E-state index < -0.39 is 48.6 Å². The van der Waals surface area contributed by atoms with E-state index in [1.807, 2.05) is 0 Å². The van der Waals surface area contributed by atoms with E-state index in [4.69, 9.17) is 0 Å². The largest absolute Gasteiger partial charge is 0.460 e. The van der Waals surface area contributed by atoms with Crippen molar-refractivity contribution < 1.29 is 65.9 Å². The van der Waals surface area contributed by atoms with Crippen molar-refractivity contribution in [3.05, 3.63) is 0 Å². The van der Waals surface area contributed by atoms with Gasteiger partial charge in [0.15, 0.2) is 0 Å². The molecule has 0 fully saturated rings. The SMILES string of the molecule is CC(F)(C(F)(F)C(F)(F)F)C(F)(F)C(F)(F)C(F)(F)C(F)(F)F. The van der Waals surface area contributed by atoms with Crippen LogP contribution in [0.25, 0.3) is 0 Å². The molecule has 0 saturated carbocycles. The molecule has 0 amide bonds. The van der Waals surface area contributed by atoms with Crippen LogP contribution in [0.1, 0.15) is 6.92 Å². The molecule has 0 N–H and O–H groups in total. The first-order valence-corrected chi connectivity index (χ1v) is 4.83. The molecular formula is C8H3F15. The van der Waals surface area contributed by atoms with Gasteiger partial charge in [0.2, 0.25) is 5.67 Å². The second-order valence-corrected chi connectivity index (χ2v) is 4.30. The van der Waals surface area contributed by atoms with Gasteiger partial charge in [-0.2, -0.15) is 61.5 Å². The summed E-state index contributed by atoms with van der Waals surface area (Å²) < 4.78 is 185. The first kappa shape index (κ1) is 21.9. The zero-order valence-corrected chi connectivity index (χ0v) is 10.2. The zero-order chi connectivity index (χ0) is 19.5. The fourth-order valence-corrected chi connectivity index (χ4v) is 1.13. The van der Waals surface area contributed by atoms with Crippen molar-refractivity contribution in [3.63, 3.8) is 0 Å². The Balaban J connectivity index is 6.37. The zero-order valence-electron chi connectivity index (χ0n) is 10.2. The molecule has 0 saturated heterocycles. The second kappa shape index (κ2) is 4.97. The first-order chi connectivity index (χ1) is 9.50. The van der Waals surface area contributed by atoms with E-state index in [9.17, 15) is 65.9 Å². The highest BCUT2D eigenvalue weighted by Gasteiger charge is 2.91. The van der Waals surface area contributed by atoms with Crippen molar-refractivity contribution in [1.29, 1.82) is 0 Å². The highest BCUT2D eigenvalue weighted by Crippen LogP contribution is 2.61. The van der Waals surface area contributed by atoms with Gasteiger partial charge in [-0.3, -0.25) is 0 Å². The summed E-state index contributed by atoms with van der Waals surface area (Å²) in [6.07, 6.45) is -14.8. The minimum atomic E-state index is -7.96. The van der Waals surface area contributed by atoms with E-state index in [0.717, 1.165) is 0 Å². The lowest BCUT2D eigenvalue weighted by Crippen LogP contribution is -2.72. The molecule has 0 rings (SSSR count). The molecule has 23 heavy (non-hydrogen) atoms. The summed E-state index contributed by atoms with van der Waals surface area (Å²) in [5, 5.41) is 0. The van der Waals surface area contributed by atoms with E-state index in [-0.39, 0.29) is 0 Å². The van der Waals surface area contributed by atoms with Gasteiger partial charge in [0.1, 0.15) is 0 Å². The van der Waals surface area contributed by atoms with E-state index in [2.05, 4.69) is 0 Å². The second-order valence-electron chi connectivity index (χ2n) is 4.30. The molecule has 0 heterocycles. The minimum absolute atomic E-state index is 1.57. The summed E-state index contributed by atoms with van der Waals surface area (Å²) in [7, 11) is 0. The first-order valence-electron chi connectivity index (χ1n) is 4.83. The van der Waals surface area contributed by atoms with Crippen LogP contribution in [-0.2, 0) is 0 Å². The average molecular weight is 384 g/mol. The molecule has 0 bridgehead atoms. The molecule has 0 aromatic carbocycles. The maximum atomic E-state index is 13.2. The summed E-state index contributed by atoms with van der Waals surface area (Å²) in [6, 6.07) is 0. The molecule has 140 valence electrons. The Kier molecular flexibility index (Phi) is 4.75. The van der Waals surface area contributed by atoms with Crippen LogP contribution >= 0.6 is 0 Å². The van der Waals surface area contributed by atoms with Crippen LogP contribution < -0.4 is 0 Å². The van der Waals surface area contributed by atoms with Gasteiger partial charge in [-0.25, -0.2) is 4.39 Å². The third-order valence-electron chi connectivity index (χ3n) is 2.68. The molecule has 15 heteroatoms. The molecule has 0 aromatic heterocycles. The normalized spacial score (nSPS) is 18.8. The Labute approximate surface area is 116 Å². The molecule has 0 spiro atoms. The van der Waals surface area contributed by atoms with E-state index >= 15 is 0 Å². The van der Waals surface area contributed by atoms with Gasteiger partial charge in [0.05, 0.1) is 0 Å². The summed E-state index contributed by atoms with van der Waals surface area (Å²) >= 11 is 0. The predicted molar refractivity (Wildman–Crippen MR) is 41.4 cm³/mol. The highest BCUT2D eigenvalue weighted by atomic mass is 19.4. The van der Waals surface area contributed by atoms with Gasteiger partial charge in [-0.05, 0) is 6.92 Å². The Hall–Kier alpha value is -1.05. The monoisotopic (exact) mass is 384 g/mol. The third kappa shape index (κ3) is 2.68. The highest BCUT2D eigenvalue weighted by molar-refractivity contribution is 5.14. The van der Waals surface area contributed by atoms with E-state index in [1.165, 1.54) is 0 Å². The molecular weight excluding hydrogens is 381 g/mol. The Bertz CT molecular complexity index is 395. The Morgan fingerprint density at radius 2 is 0.609 bits per heavy atom. The van der Waals surface area contributed by atoms with Crippen molar-refractivity contribution in [3.8, 4) is 0 Å². The van der Waals surface area contributed by atoms with E-state index in [1.54, 1.807) is 0 Å². The number of hydrogen-bond donors (Lipinski definition) is 0. The van der Waals surface area contributed by atoms with Crippen LogP contribution in [0.4, 0.5) is 65.9 Å². The minimum Gasteiger partial charge on any atom is -0.230 e. The van der Waals surface area contributed by atoms with E-state index in [0.29, 0.717) is 0 Å². The Morgan fingerprint density at radius 3 is 0.826 bits per heavy atom. The molecule has 0 aliphatic carbocycles. The fraction of sp³-hybridized carbons (Fsp3) is 1.00. The summed E-state index contributed by atoms with van der Waals surface area (Å²) in [5.41, 5.74) is -6.84. The van der Waals surface area contributed by atoms with Crippen molar-refractivity contribution >= 4 is 0 Å². The van der Waals surface area contributed by atoms with Crippen molar-refractivity contribution in [2.75, 3.05) is 0 Å². The van der Waals surface area contributed by atoms with Crippen LogP contribution in [0.2, 0.25) is 0 Å². The van der Waals surface area contributed by atoms with Crippen LogP contribution in [0.5, 0.6) is 0 Å². The lowest BCUT2D eigenvalue weighted by atomic mass is 9.85. The van der Waals surface area contributed by atoms with Gasteiger partial charge in [-0.15, -0.1) is 0 Å². The van der Waals surface area contributed by atoms with Crippen molar-refractivity contribution in [2.45, 2.75) is 48.6 Å². The maximum absolute atomic E-state index is 13.2. The molecule has 0 aromatic rings. The summed E-state index contributed by atoms with van der Waals surface area (Å²) in [4.78, 5) is 0. The quantitative estimate of drug-likeness (QED) is 0.571. The third-order valence-corrected chi connectivity index (χ3v) is 2.68. The predicted octanol–water partition coefficient (Wildman–Crippen LogP) is 5.38. The fourth-order valence-electron chi connectivity index (χ4n) is 1.13. The van der Waals surface area contributed by atoms with Gasteiger partial charge in [0, 0.05) is 0 Å². The van der Waals surface area contributed by atoms with Crippen LogP contribution in [-0.4, -0.2) is 41.7 Å². The molecule has 0 aliphatic heterocycles. The molecule has 1 unspecified atom stereocenters. The standard InChI is InChI=1S/C8H3F15/c1-2(9,4(12,13)7(18,19)20)3(10,11)5(14,15)6(16,17)8(21,22)23/h1H3. The van der Waals surface area contributed by atoms with Gasteiger partial charge in [-0.1, -0.05) is 0 Å². The van der Waals surface area contributed by atoms with Crippen LogP contribution in [0, 0.1) is 0 Å². The number of halogens is 15. The van der Waals surface area contributed by atoms with Gasteiger partial charge < -0.3 is 0 Å².